The first kappa shape index (κ1) is 23.0. The number of hydrogen-bond donors (Lipinski definition) is 0. The van der Waals surface area contributed by atoms with Crippen molar-refractivity contribution < 1.29 is 22.3 Å². The molecule has 0 atom stereocenters. The summed E-state index contributed by atoms with van der Waals surface area (Å²) in [6.45, 7) is 2.13. The molecule has 0 aliphatic heterocycles. The third kappa shape index (κ3) is 6.14. The fraction of sp³-hybridized carbons (Fsp3) is 0.174. The van der Waals surface area contributed by atoms with Crippen LogP contribution in [0.1, 0.15) is 27.0 Å². The number of benzene rings is 3. The number of carbonyl (C=O) groups is 1. The second kappa shape index (κ2) is 9.61. The van der Waals surface area contributed by atoms with Gasteiger partial charge >= 0.3 is 10.1 Å². The fourth-order valence-electron chi connectivity index (χ4n) is 3.17. The van der Waals surface area contributed by atoms with Crippen LogP contribution in [0.25, 0.3) is 0 Å². The van der Waals surface area contributed by atoms with Crippen molar-refractivity contribution in [2.75, 3.05) is 6.26 Å². The van der Waals surface area contributed by atoms with Crippen LogP contribution in [0.3, 0.4) is 0 Å². The van der Waals surface area contributed by atoms with Crippen LogP contribution in [0.15, 0.2) is 72.8 Å². The highest BCUT2D eigenvalue weighted by Gasteiger charge is 2.21. The quantitative estimate of drug-likeness (QED) is 0.288. The van der Waals surface area contributed by atoms with E-state index in [2.05, 4.69) is 0 Å². The summed E-state index contributed by atoms with van der Waals surface area (Å²) in [5, 5.41) is 11.3. The van der Waals surface area contributed by atoms with Crippen molar-refractivity contribution >= 4 is 21.7 Å². The average Bonchev–Trinajstić information content (AvgIpc) is 2.74. The molecule has 0 fully saturated rings. The van der Waals surface area contributed by atoms with Gasteiger partial charge in [0.15, 0.2) is 0 Å². The van der Waals surface area contributed by atoms with Gasteiger partial charge in [0.1, 0.15) is 5.75 Å². The number of amides is 1. The van der Waals surface area contributed by atoms with Crippen molar-refractivity contribution in [3.8, 4) is 5.75 Å². The van der Waals surface area contributed by atoms with Crippen molar-refractivity contribution in [2.45, 2.75) is 20.0 Å². The fourth-order valence-corrected chi connectivity index (χ4v) is 3.63. The highest BCUT2D eigenvalue weighted by atomic mass is 32.2. The van der Waals surface area contributed by atoms with E-state index in [-0.39, 0.29) is 29.5 Å². The summed E-state index contributed by atoms with van der Waals surface area (Å²) >= 11 is 0. The lowest BCUT2D eigenvalue weighted by Gasteiger charge is -2.23. The minimum absolute atomic E-state index is 0.113. The van der Waals surface area contributed by atoms with E-state index in [4.69, 9.17) is 4.18 Å². The van der Waals surface area contributed by atoms with E-state index >= 15 is 0 Å². The van der Waals surface area contributed by atoms with Gasteiger partial charge in [-0.2, -0.15) is 8.42 Å². The molecule has 0 spiro atoms. The van der Waals surface area contributed by atoms with E-state index in [0.717, 1.165) is 17.4 Å². The van der Waals surface area contributed by atoms with Crippen LogP contribution in [0.4, 0.5) is 5.69 Å². The van der Waals surface area contributed by atoms with E-state index in [1.807, 2.05) is 30.3 Å². The Bertz CT molecular complexity index is 1230. The molecule has 3 aromatic carbocycles. The molecule has 0 saturated carbocycles. The molecule has 166 valence electrons. The molecular weight excluding hydrogens is 432 g/mol. The van der Waals surface area contributed by atoms with Gasteiger partial charge in [0.2, 0.25) is 0 Å². The Labute approximate surface area is 186 Å². The van der Waals surface area contributed by atoms with Crippen LogP contribution < -0.4 is 4.18 Å². The summed E-state index contributed by atoms with van der Waals surface area (Å²) in [4.78, 5) is 25.7. The van der Waals surface area contributed by atoms with E-state index in [9.17, 15) is 23.3 Å². The van der Waals surface area contributed by atoms with Gasteiger partial charge in [-0.15, -0.1) is 0 Å². The lowest BCUT2D eigenvalue weighted by Crippen LogP contribution is -2.30. The summed E-state index contributed by atoms with van der Waals surface area (Å²) in [6.07, 6.45) is 0.960. The Morgan fingerprint density at radius 3 is 2.12 bits per heavy atom. The largest absolute Gasteiger partial charge is 0.383 e. The van der Waals surface area contributed by atoms with Gasteiger partial charge in [-0.05, 0) is 36.2 Å². The minimum atomic E-state index is -3.64. The Morgan fingerprint density at radius 1 is 0.969 bits per heavy atom. The van der Waals surface area contributed by atoms with Crippen LogP contribution in [-0.4, -0.2) is 30.4 Å². The molecule has 8 nitrogen and oxygen atoms in total. The van der Waals surface area contributed by atoms with Gasteiger partial charge in [0, 0.05) is 30.3 Å². The molecule has 0 aromatic heterocycles. The van der Waals surface area contributed by atoms with Gasteiger partial charge in [0.05, 0.1) is 11.2 Å². The molecule has 3 aromatic rings. The number of nitro groups is 1. The van der Waals surface area contributed by atoms with Crippen LogP contribution >= 0.6 is 0 Å². The third-order valence-corrected chi connectivity index (χ3v) is 5.20. The van der Waals surface area contributed by atoms with Crippen LogP contribution in [0.2, 0.25) is 0 Å². The number of aryl methyl sites for hydroxylation is 1. The average molecular weight is 455 g/mol. The first-order chi connectivity index (χ1) is 15.1. The molecular formula is C23H22N2O6S. The molecule has 0 radical (unpaired) electrons. The minimum Gasteiger partial charge on any atom is -0.383 e. The van der Waals surface area contributed by atoms with E-state index in [1.165, 1.54) is 18.2 Å². The molecule has 1 amide bonds. The molecule has 0 unspecified atom stereocenters. The van der Waals surface area contributed by atoms with Crippen molar-refractivity contribution in [3.05, 3.63) is 105 Å². The molecule has 0 aliphatic rings. The standard InChI is InChI=1S/C23H22N2O6S/c1-17-8-11-20(14-22(17)25(27)28)23(26)24(15-18-6-4-3-5-7-18)16-19-9-12-21(13-10-19)31-32(2,29)30/h3-14H,15-16H2,1-2H3. The maximum Gasteiger partial charge on any atom is 0.306 e. The van der Waals surface area contributed by atoms with Crippen molar-refractivity contribution in [2.24, 2.45) is 0 Å². The number of rotatable bonds is 8. The molecule has 0 saturated heterocycles. The summed E-state index contributed by atoms with van der Waals surface area (Å²) in [6, 6.07) is 20.2. The number of nitro benzene ring substituents is 1. The van der Waals surface area contributed by atoms with Gasteiger partial charge in [-0.25, -0.2) is 0 Å². The van der Waals surface area contributed by atoms with Crippen LogP contribution in [-0.2, 0) is 23.2 Å². The lowest BCUT2D eigenvalue weighted by atomic mass is 10.1. The maximum absolute atomic E-state index is 13.3. The summed E-state index contributed by atoms with van der Waals surface area (Å²) in [5.74, 6) is -0.181. The Hall–Kier alpha value is -3.72. The maximum atomic E-state index is 13.3. The zero-order valence-electron chi connectivity index (χ0n) is 17.6. The Kier molecular flexibility index (Phi) is 6.89. The SMILES string of the molecule is Cc1ccc(C(=O)N(Cc2ccccc2)Cc2ccc(OS(C)(=O)=O)cc2)cc1[N+](=O)[O-]. The molecule has 9 heteroatoms. The Morgan fingerprint density at radius 2 is 1.56 bits per heavy atom. The molecule has 0 N–H and O–H groups in total. The van der Waals surface area contributed by atoms with Crippen molar-refractivity contribution in [1.29, 1.82) is 0 Å². The topological polar surface area (TPSA) is 107 Å². The monoisotopic (exact) mass is 454 g/mol. The van der Waals surface area contributed by atoms with Gasteiger partial charge < -0.3 is 9.08 Å². The zero-order chi connectivity index (χ0) is 23.3. The highest BCUT2D eigenvalue weighted by Crippen LogP contribution is 2.22. The molecule has 32 heavy (non-hydrogen) atoms. The number of carbonyl (C=O) groups excluding carboxylic acids is 1. The summed E-state index contributed by atoms with van der Waals surface area (Å²) in [5.41, 5.74) is 2.23. The van der Waals surface area contributed by atoms with Gasteiger partial charge in [0.25, 0.3) is 11.6 Å². The van der Waals surface area contributed by atoms with E-state index < -0.39 is 15.0 Å². The first-order valence-corrected chi connectivity index (χ1v) is 11.5. The smallest absolute Gasteiger partial charge is 0.306 e. The van der Waals surface area contributed by atoms with E-state index in [0.29, 0.717) is 12.1 Å². The molecule has 0 bridgehead atoms. The second-order valence-electron chi connectivity index (χ2n) is 7.34. The predicted octanol–water partition coefficient (Wildman–Crippen LogP) is 4.08. The second-order valence-corrected chi connectivity index (χ2v) is 8.91. The zero-order valence-corrected chi connectivity index (χ0v) is 18.4. The molecule has 0 heterocycles. The lowest BCUT2D eigenvalue weighted by molar-refractivity contribution is -0.385. The van der Waals surface area contributed by atoms with Gasteiger partial charge in [-0.3, -0.25) is 14.9 Å². The summed E-state index contributed by atoms with van der Waals surface area (Å²) in [7, 11) is -3.64. The first-order valence-electron chi connectivity index (χ1n) is 9.69. The summed E-state index contributed by atoms with van der Waals surface area (Å²) < 4.78 is 27.4. The normalized spacial score (nSPS) is 11.1. The Balaban J connectivity index is 1.89. The van der Waals surface area contributed by atoms with Crippen molar-refractivity contribution in [3.63, 3.8) is 0 Å². The van der Waals surface area contributed by atoms with Gasteiger partial charge in [-0.1, -0.05) is 48.5 Å². The molecule has 3 rings (SSSR count). The van der Waals surface area contributed by atoms with E-state index in [1.54, 1.807) is 36.1 Å². The highest BCUT2D eigenvalue weighted by molar-refractivity contribution is 7.86. The van der Waals surface area contributed by atoms with Crippen LogP contribution in [0, 0.1) is 17.0 Å². The third-order valence-electron chi connectivity index (χ3n) is 4.70. The molecule has 0 aliphatic carbocycles. The van der Waals surface area contributed by atoms with Crippen molar-refractivity contribution in [1.82, 2.24) is 4.90 Å². The predicted molar refractivity (Wildman–Crippen MR) is 120 cm³/mol. The van der Waals surface area contributed by atoms with Crippen LogP contribution in [0.5, 0.6) is 5.75 Å². The number of hydrogen-bond acceptors (Lipinski definition) is 6. The number of nitrogens with zero attached hydrogens (tertiary/aromatic N) is 2.